The first-order valence-electron chi connectivity index (χ1n) is 8.38. The number of carbonyl (C=O) groups excluding carboxylic acids is 1. The van der Waals surface area contributed by atoms with Crippen LogP contribution in [0.5, 0.6) is 0 Å². The number of anilines is 1. The van der Waals surface area contributed by atoms with Crippen molar-refractivity contribution < 1.29 is 22.0 Å². The summed E-state index contributed by atoms with van der Waals surface area (Å²) in [6.07, 6.45) is -0.000129. The predicted molar refractivity (Wildman–Crippen MR) is 107 cm³/mol. The van der Waals surface area contributed by atoms with E-state index in [-0.39, 0.29) is 32.9 Å². The molecule has 0 aliphatic carbocycles. The maximum Gasteiger partial charge on any atom is 0.249 e. The van der Waals surface area contributed by atoms with Crippen LogP contribution in [0.2, 0.25) is 0 Å². The highest BCUT2D eigenvalue weighted by Gasteiger charge is 2.22. The molecule has 2 N–H and O–H groups in total. The van der Waals surface area contributed by atoms with E-state index >= 15 is 0 Å². The molecule has 6 nitrogen and oxygen atoms in total. The topological polar surface area (TPSA) is 93.4 Å². The second kappa shape index (κ2) is 7.97. The molecule has 0 atom stereocenters. The summed E-state index contributed by atoms with van der Waals surface area (Å²) in [5, 5.41) is 5.35. The number of benzene rings is 2. The predicted octanol–water partition coefficient (Wildman–Crippen LogP) is 3.25. The lowest BCUT2D eigenvalue weighted by atomic mass is 10.0. The van der Waals surface area contributed by atoms with Gasteiger partial charge in [-0.25, -0.2) is 27.3 Å². The van der Waals surface area contributed by atoms with Crippen LogP contribution in [0, 0.1) is 18.6 Å². The first-order chi connectivity index (χ1) is 13.6. The number of halogens is 2. The van der Waals surface area contributed by atoms with E-state index in [2.05, 4.69) is 4.98 Å². The molecule has 2 aromatic carbocycles. The van der Waals surface area contributed by atoms with Crippen LogP contribution in [0.25, 0.3) is 11.1 Å². The molecule has 0 aliphatic heterocycles. The zero-order valence-corrected chi connectivity index (χ0v) is 17.2. The average Bonchev–Trinajstić information content (AvgIpc) is 3.04. The maximum absolute atomic E-state index is 13.9. The molecular formula is C19H17F2N3O3S2. The molecule has 0 aliphatic rings. The van der Waals surface area contributed by atoms with Crippen molar-refractivity contribution in [3.8, 4) is 11.1 Å². The van der Waals surface area contributed by atoms with Gasteiger partial charge in [0.2, 0.25) is 15.9 Å². The Morgan fingerprint density at radius 1 is 1.14 bits per heavy atom. The number of hydrogen-bond donors (Lipinski definition) is 1. The van der Waals surface area contributed by atoms with Crippen molar-refractivity contribution in [1.29, 1.82) is 0 Å². The SMILES string of the molecule is Cc1nc(N(C)C(=O)Cc2ccc(-c3c(F)cccc3F)cc2)sc1S(N)(=O)=O. The smallest absolute Gasteiger partial charge is 0.249 e. The van der Waals surface area contributed by atoms with Crippen molar-refractivity contribution >= 4 is 32.4 Å². The molecule has 0 unspecified atom stereocenters. The monoisotopic (exact) mass is 437 g/mol. The molecule has 3 aromatic rings. The third kappa shape index (κ3) is 4.50. The van der Waals surface area contributed by atoms with Gasteiger partial charge in [-0.3, -0.25) is 9.69 Å². The van der Waals surface area contributed by atoms with Gasteiger partial charge in [-0.15, -0.1) is 0 Å². The van der Waals surface area contributed by atoms with Gasteiger partial charge in [0.05, 0.1) is 17.7 Å². The molecule has 152 valence electrons. The summed E-state index contributed by atoms with van der Waals surface area (Å²) in [5.41, 5.74) is 1.08. The number of nitrogens with zero attached hydrogens (tertiary/aromatic N) is 2. The van der Waals surface area contributed by atoms with E-state index < -0.39 is 21.7 Å². The number of nitrogens with two attached hydrogens (primary N) is 1. The molecule has 10 heteroatoms. The van der Waals surface area contributed by atoms with E-state index in [1.165, 1.54) is 49.2 Å². The standard InChI is InChI=1S/C19H17F2N3O3S2/c1-11-18(29(22,26)27)28-19(23-11)24(2)16(25)10-12-6-8-13(9-7-12)17-14(20)4-3-5-15(17)21/h3-9H,10H2,1-2H3,(H2,22,26,27). The van der Waals surface area contributed by atoms with Crippen LogP contribution >= 0.6 is 11.3 Å². The van der Waals surface area contributed by atoms with Crippen molar-refractivity contribution in [1.82, 2.24) is 4.98 Å². The number of aromatic nitrogens is 1. The molecule has 0 spiro atoms. The van der Waals surface area contributed by atoms with Gasteiger partial charge in [-0.2, -0.15) is 0 Å². The highest BCUT2D eigenvalue weighted by Crippen LogP contribution is 2.29. The molecule has 0 saturated heterocycles. The van der Waals surface area contributed by atoms with Crippen LogP contribution in [0.3, 0.4) is 0 Å². The summed E-state index contributed by atoms with van der Waals surface area (Å²) in [6.45, 7) is 1.50. The second-order valence-electron chi connectivity index (χ2n) is 6.34. The Balaban J connectivity index is 1.77. The van der Waals surface area contributed by atoms with E-state index in [1.54, 1.807) is 12.1 Å². The van der Waals surface area contributed by atoms with Crippen molar-refractivity contribution in [3.05, 3.63) is 65.4 Å². The van der Waals surface area contributed by atoms with Crippen molar-refractivity contribution in [2.45, 2.75) is 17.6 Å². The average molecular weight is 437 g/mol. The molecular weight excluding hydrogens is 420 g/mol. The summed E-state index contributed by atoms with van der Waals surface area (Å²) in [5.74, 6) is -1.67. The van der Waals surface area contributed by atoms with Gasteiger partial charge in [-0.05, 0) is 30.2 Å². The molecule has 1 aromatic heterocycles. The molecule has 1 heterocycles. The van der Waals surface area contributed by atoms with Crippen LogP contribution in [0.1, 0.15) is 11.3 Å². The van der Waals surface area contributed by atoms with Crippen molar-refractivity contribution in [2.24, 2.45) is 5.14 Å². The number of sulfonamides is 1. The van der Waals surface area contributed by atoms with Crippen molar-refractivity contribution in [2.75, 3.05) is 11.9 Å². The van der Waals surface area contributed by atoms with Crippen LogP contribution in [0.15, 0.2) is 46.7 Å². The van der Waals surface area contributed by atoms with Gasteiger partial charge in [0.25, 0.3) is 0 Å². The minimum absolute atomic E-state index is 0.000129. The third-order valence-corrected chi connectivity index (χ3v) is 7.01. The Morgan fingerprint density at radius 2 is 1.72 bits per heavy atom. The Kier molecular flexibility index (Phi) is 5.78. The minimum atomic E-state index is -3.91. The lowest BCUT2D eigenvalue weighted by Gasteiger charge is -2.14. The lowest BCUT2D eigenvalue weighted by Crippen LogP contribution is -2.27. The number of likely N-dealkylation sites (N-methyl/N-ethyl adjacent to an activating group) is 1. The lowest BCUT2D eigenvalue weighted by molar-refractivity contribution is -0.117. The summed E-state index contributed by atoms with van der Waals surface area (Å²) in [6, 6.07) is 9.94. The number of amides is 1. The highest BCUT2D eigenvalue weighted by molar-refractivity contribution is 7.91. The van der Waals surface area contributed by atoms with Crippen molar-refractivity contribution in [3.63, 3.8) is 0 Å². The Bertz CT molecular complexity index is 1160. The van der Waals surface area contributed by atoms with Crippen LogP contribution < -0.4 is 10.0 Å². The van der Waals surface area contributed by atoms with E-state index in [0.717, 1.165) is 11.3 Å². The Morgan fingerprint density at radius 3 is 2.24 bits per heavy atom. The molecule has 3 rings (SSSR count). The van der Waals surface area contributed by atoms with Gasteiger partial charge < -0.3 is 0 Å². The number of aryl methyl sites for hydroxylation is 1. The summed E-state index contributed by atoms with van der Waals surface area (Å²) < 4.78 is 50.8. The summed E-state index contributed by atoms with van der Waals surface area (Å²) in [4.78, 5) is 17.9. The molecule has 0 bridgehead atoms. The number of primary sulfonamides is 1. The van der Waals surface area contributed by atoms with E-state index in [1.807, 2.05) is 0 Å². The number of thiazole rings is 1. The summed E-state index contributed by atoms with van der Waals surface area (Å²) in [7, 11) is -2.43. The van der Waals surface area contributed by atoms with Gasteiger partial charge >= 0.3 is 0 Å². The largest absolute Gasteiger partial charge is 0.291 e. The summed E-state index contributed by atoms with van der Waals surface area (Å²) >= 11 is 0.814. The number of hydrogen-bond acceptors (Lipinski definition) is 5. The second-order valence-corrected chi connectivity index (χ2v) is 9.07. The number of rotatable bonds is 5. The normalized spacial score (nSPS) is 11.5. The van der Waals surface area contributed by atoms with E-state index in [4.69, 9.17) is 5.14 Å². The van der Waals surface area contributed by atoms with Gasteiger partial charge in [-0.1, -0.05) is 41.7 Å². The van der Waals surface area contributed by atoms with Gasteiger partial charge in [0.1, 0.15) is 11.6 Å². The first kappa shape index (κ1) is 21.0. The fourth-order valence-corrected chi connectivity index (χ4v) is 4.66. The highest BCUT2D eigenvalue weighted by atomic mass is 32.2. The fraction of sp³-hybridized carbons (Fsp3) is 0.158. The molecule has 0 radical (unpaired) electrons. The Hall–Kier alpha value is -2.69. The zero-order valence-electron chi connectivity index (χ0n) is 15.5. The quantitative estimate of drug-likeness (QED) is 0.663. The Labute approximate surface area is 170 Å². The van der Waals surface area contributed by atoms with Crippen LogP contribution in [-0.2, 0) is 21.2 Å². The molecule has 29 heavy (non-hydrogen) atoms. The molecule has 1 amide bonds. The van der Waals surface area contributed by atoms with Gasteiger partial charge in [0.15, 0.2) is 9.34 Å². The van der Waals surface area contributed by atoms with Crippen LogP contribution in [0.4, 0.5) is 13.9 Å². The molecule has 0 saturated carbocycles. The first-order valence-corrected chi connectivity index (χ1v) is 10.7. The third-order valence-electron chi connectivity index (χ3n) is 4.22. The van der Waals surface area contributed by atoms with E-state index in [9.17, 15) is 22.0 Å². The molecule has 0 fully saturated rings. The fourth-order valence-electron chi connectivity index (χ4n) is 2.74. The van der Waals surface area contributed by atoms with Gasteiger partial charge in [0, 0.05) is 7.05 Å². The minimum Gasteiger partial charge on any atom is -0.291 e. The zero-order chi connectivity index (χ0) is 21.3. The van der Waals surface area contributed by atoms with Crippen LogP contribution in [-0.4, -0.2) is 26.4 Å². The maximum atomic E-state index is 13.9. The van der Waals surface area contributed by atoms with E-state index in [0.29, 0.717) is 11.1 Å². The number of carbonyl (C=O) groups is 1.